The van der Waals surface area contributed by atoms with E-state index in [0.29, 0.717) is 12.1 Å². The predicted octanol–water partition coefficient (Wildman–Crippen LogP) is 2.46. The van der Waals surface area contributed by atoms with Gasteiger partial charge in [-0.15, -0.1) is 0 Å². The number of aromatic nitrogens is 2. The smallest absolute Gasteiger partial charge is 0.270 e. The van der Waals surface area contributed by atoms with E-state index >= 15 is 0 Å². The fourth-order valence-electron chi connectivity index (χ4n) is 2.49. The Balaban J connectivity index is 1.57. The zero-order valence-corrected chi connectivity index (χ0v) is 14.9. The largest absolute Gasteiger partial charge is 0.347 e. The van der Waals surface area contributed by atoms with Crippen molar-refractivity contribution in [2.45, 2.75) is 13.0 Å². The van der Waals surface area contributed by atoms with Crippen molar-refractivity contribution in [2.75, 3.05) is 5.32 Å². The quantitative estimate of drug-likeness (QED) is 0.692. The molecule has 1 aromatic heterocycles. The molecular formula is C21H17N5O2. The van der Waals surface area contributed by atoms with E-state index in [1.807, 2.05) is 36.4 Å². The van der Waals surface area contributed by atoms with E-state index in [2.05, 4.69) is 20.6 Å². The van der Waals surface area contributed by atoms with Crippen molar-refractivity contribution in [1.29, 1.82) is 5.26 Å². The van der Waals surface area contributed by atoms with E-state index in [1.54, 1.807) is 24.3 Å². The molecule has 0 saturated heterocycles. The maximum atomic E-state index is 12.3. The van der Waals surface area contributed by atoms with E-state index < -0.39 is 0 Å². The van der Waals surface area contributed by atoms with Gasteiger partial charge in [0, 0.05) is 12.6 Å². The highest BCUT2D eigenvalue weighted by Gasteiger charge is 2.11. The standard InChI is InChI=1S/C21H17N5O2/c22-12-16-6-8-17(9-7-16)13-23-21(28)18-11-19(25-14-24-18)26-20(27)10-15-4-2-1-3-5-15/h1-9,11,14H,10,13H2,(H,23,28)(H,24,25,26,27). The zero-order valence-electron chi connectivity index (χ0n) is 14.9. The van der Waals surface area contributed by atoms with Gasteiger partial charge in [0.25, 0.3) is 5.91 Å². The van der Waals surface area contributed by atoms with Crippen LogP contribution in [0.15, 0.2) is 67.0 Å². The van der Waals surface area contributed by atoms with Gasteiger partial charge in [-0.05, 0) is 23.3 Å². The molecule has 2 N–H and O–H groups in total. The first-order valence-corrected chi connectivity index (χ1v) is 8.57. The molecule has 0 aliphatic heterocycles. The molecule has 0 radical (unpaired) electrons. The van der Waals surface area contributed by atoms with Gasteiger partial charge in [-0.25, -0.2) is 9.97 Å². The number of benzene rings is 2. The molecule has 0 unspecified atom stereocenters. The minimum atomic E-state index is -0.384. The van der Waals surface area contributed by atoms with Gasteiger partial charge < -0.3 is 10.6 Å². The molecule has 0 atom stereocenters. The van der Waals surface area contributed by atoms with E-state index in [4.69, 9.17) is 5.26 Å². The van der Waals surface area contributed by atoms with Crippen molar-refractivity contribution in [3.8, 4) is 6.07 Å². The van der Waals surface area contributed by atoms with Crippen LogP contribution in [-0.4, -0.2) is 21.8 Å². The summed E-state index contributed by atoms with van der Waals surface area (Å²) in [5.41, 5.74) is 2.45. The van der Waals surface area contributed by atoms with E-state index in [1.165, 1.54) is 12.4 Å². The summed E-state index contributed by atoms with van der Waals surface area (Å²) in [5.74, 6) is -0.349. The number of hydrogen-bond donors (Lipinski definition) is 2. The number of nitrogens with zero attached hydrogens (tertiary/aromatic N) is 3. The van der Waals surface area contributed by atoms with Crippen molar-refractivity contribution in [1.82, 2.24) is 15.3 Å². The van der Waals surface area contributed by atoms with Gasteiger partial charge in [0.15, 0.2) is 0 Å². The van der Waals surface area contributed by atoms with E-state index in [9.17, 15) is 9.59 Å². The van der Waals surface area contributed by atoms with Crippen LogP contribution in [-0.2, 0) is 17.8 Å². The molecule has 0 aliphatic carbocycles. The monoisotopic (exact) mass is 371 g/mol. The topological polar surface area (TPSA) is 108 Å². The molecular weight excluding hydrogens is 354 g/mol. The number of rotatable bonds is 6. The molecule has 1 heterocycles. The fourth-order valence-corrected chi connectivity index (χ4v) is 2.49. The summed E-state index contributed by atoms with van der Waals surface area (Å²) >= 11 is 0. The highest BCUT2D eigenvalue weighted by atomic mass is 16.2. The van der Waals surface area contributed by atoms with E-state index in [0.717, 1.165) is 11.1 Å². The third-order valence-corrected chi connectivity index (χ3v) is 3.91. The molecule has 3 aromatic rings. The van der Waals surface area contributed by atoms with Crippen LogP contribution in [0.25, 0.3) is 0 Å². The maximum Gasteiger partial charge on any atom is 0.270 e. The van der Waals surface area contributed by atoms with Crippen molar-refractivity contribution in [2.24, 2.45) is 0 Å². The molecule has 0 saturated carbocycles. The summed E-state index contributed by atoms with van der Waals surface area (Å²) in [7, 11) is 0. The third-order valence-electron chi connectivity index (χ3n) is 3.91. The van der Waals surface area contributed by atoms with Gasteiger partial charge in [0.2, 0.25) is 5.91 Å². The van der Waals surface area contributed by atoms with Gasteiger partial charge in [-0.2, -0.15) is 5.26 Å². The molecule has 0 bridgehead atoms. The Morgan fingerprint density at radius 3 is 2.43 bits per heavy atom. The lowest BCUT2D eigenvalue weighted by atomic mass is 10.1. The maximum absolute atomic E-state index is 12.3. The summed E-state index contributed by atoms with van der Waals surface area (Å²) in [6.45, 7) is 0.296. The van der Waals surface area contributed by atoms with Crippen LogP contribution in [0.2, 0.25) is 0 Å². The van der Waals surface area contributed by atoms with Crippen LogP contribution in [0.3, 0.4) is 0 Å². The first-order chi connectivity index (χ1) is 13.6. The molecule has 2 aromatic carbocycles. The Labute approximate surface area is 162 Å². The second kappa shape index (κ2) is 9.05. The van der Waals surface area contributed by atoms with Crippen LogP contribution in [0.5, 0.6) is 0 Å². The first-order valence-electron chi connectivity index (χ1n) is 8.57. The van der Waals surface area contributed by atoms with E-state index in [-0.39, 0.29) is 29.7 Å². The average Bonchev–Trinajstić information content (AvgIpc) is 2.73. The van der Waals surface area contributed by atoms with Crippen molar-refractivity contribution < 1.29 is 9.59 Å². The minimum absolute atomic E-state index is 0.152. The minimum Gasteiger partial charge on any atom is -0.347 e. The molecule has 2 amide bonds. The first kappa shape index (κ1) is 18.7. The second-order valence-corrected chi connectivity index (χ2v) is 5.99. The number of carbonyl (C=O) groups is 2. The Bertz CT molecular complexity index is 1010. The Hall–Kier alpha value is -4.05. The molecule has 7 heteroatoms. The number of hydrogen-bond acceptors (Lipinski definition) is 5. The Morgan fingerprint density at radius 2 is 1.71 bits per heavy atom. The molecule has 138 valence electrons. The van der Waals surface area contributed by atoms with Gasteiger partial charge in [-0.3, -0.25) is 9.59 Å². The zero-order chi connectivity index (χ0) is 19.8. The fraction of sp³-hybridized carbons (Fsp3) is 0.0952. The van der Waals surface area contributed by atoms with Crippen molar-refractivity contribution in [3.63, 3.8) is 0 Å². The highest BCUT2D eigenvalue weighted by molar-refractivity contribution is 5.95. The van der Waals surface area contributed by atoms with Crippen LogP contribution in [0, 0.1) is 11.3 Å². The number of amides is 2. The Morgan fingerprint density at radius 1 is 0.964 bits per heavy atom. The summed E-state index contributed by atoms with van der Waals surface area (Å²) in [4.78, 5) is 32.4. The number of anilines is 1. The van der Waals surface area contributed by atoms with Gasteiger partial charge in [0.1, 0.15) is 17.8 Å². The summed E-state index contributed by atoms with van der Waals surface area (Å²) in [5, 5.41) is 14.2. The summed E-state index contributed by atoms with van der Waals surface area (Å²) in [6, 6.07) is 19.7. The SMILES string of the molecule is N#Cc1ccc(CNC(=O)c2cc(NC(=O)Cc3ccccc3)ncn2)cc1. The number of nitrogens with one attached hydrogen (secondary N) is 2. The Kier molecular flexibility index (Phi) is 6.06. The normalized spacial score (nSPS) is 9.96. The lowest BCUT2D eigenvalue weighted by molar-refractivity contribution is -0.115. The van der Waals surface area contributed by atoms with Crippen LogP contribution in [0.1, 0.15) is 27.2 Å². The average molecular weight is 371 g/mol. The molecule has 7 nitrogen and oxygen atoms in total. The molecule has 28 heavy (non-hydrogen) atoms. The van der Waals surface area contributed by atoms with Crippen LogP contribution < -0.4 is 10.6 Å². The number of carbonyl (C=O) groups excluding carboxylic acids is 2. The summed E-state index contributed by atoms with van der Waals surface area (Å²) < 4.78 is 0. The third kappa shape index (κ3) is 5.22. The lowest BCUT2D eigenvalue weighted by Crippen LogP contribution is -2.24. The van der Waals surface area contributed by atoms with Gasteiger partial charge in [-0.1, -0.05) is 42.5 Å². The predicted molar refractivity (Wildman–Crippen MR) is 103 cm³/mol. The van der Waals surface area contributed by atoms with Crippen LogP contribution in [0.4, 0.5) is 5.82 Å². The number of nitriles is 1. The summed E-state index contributed by atoms with van der Waals surface area (Å²) in [6.07, 6.45) is 1.44. The lowest BCUT2D eigenvalue weighted by Gasteiger charge is -2.07. The molecule has 3 rings (SSSR count). The van der Waals surface area contributed by atoms with Gasteiger partial charge in [0.05, 0.1) is 18.1 Å². The van der Waals surface area contributed by atoms with Crippen molar-refractivity contribution >= 4 is 17.6 Å². The highest BCUT2D eigenvalue weighted by Crippen LogP contribution is 2.08. The van der Waals surface area contributed by atoms with Gasteiger partial charge >= 0.3 is 0 Å². The second-order valence-electron chi connectivity index (χ2n) is 5.99. The van der Waals surface area contributed by atoms with Crippen molar-refractivity contribution in [3.05, 3.63) is 89.4 Å². The van der Waals surface area contributed by atoms with Crippen LogP contribution >= 0.6 is 0 Å². The molecule has 0 spiro atoms. The molecule has 0 fully saturated rings. The molecule has 0 aliphatic rings.